The summed E-state index contributed by atoms with van der Waals surface area (Å²) in [6, 6.07) is 13.3. The number of phenolic OH excluding ortho intramolecular Hbond substituents is 1. The number of rotatable bonds is 4. The van der Waals surface area contributed by atoms with Crippen LogP contribution in [0.1, 0.15) is 39.7 Å². The van der Waals surface area contributed by atoms with Gasteiger partial charge in [0.25, 0.3) is 0 Å². The third-order valence-electron chi connectivity index (χ3n) is 8.94. The first kappa shape index (κ1) is 21.7. The van der Waals surface area contributed by atoms with E-state index >= 15 is 0 Å². The van der Waals surface area contributed by atoms with Gasteiger partial charge in [0.05, 0.1) is 16.5 Å². The second-order valence-electron chi connectivity index (χ2n) is 10.8. The van der Waals surface area contributed by atoms with Crippen LogP contribution in [-0.2, 0) is 4.79 Å². The summed E-state index contributed by atoms with van der Waals surface area (Å²) in [7, 11) is 0. The van der Waals surface area contributed by atoms with Crippen molar-refractivity contribution in [2.75, 3.05) is 18.0 Å². The van der Waals surface area contributed by atoms with Crippen molar-refractivity contribution in [2.24, 2.45) is 27.9 Å². The second kappa shape index (κ2) is 6.92. The fourth-order valence-corrected chi connectivity index (χ4v) is 6.75. The van der Waals surface area contributed by atoms with Gasteiger partial charge in [-0.25, -0.2) is 9.97 Å². The predicted molar refractivity (Wildman–Crippen MR) is 131 cm³/mol. The van der Waals surface area contributed by atoms with Gasteiger partial charge in [-0.2, -0.15) is 0 Å². The molecule has 5 rings (SSSR count). The molecule has 172 valence electrons. The third-order valence-corrected chi connectivity index (χ3v) is 8.94. The highest BCUT2D eigenvalue weighted by Gasteiger charge is 2.82. The number of fused-ring (bicyclic) bond motifs is 1. The Bertz CT molecular complexity index is 1270. The third kappa shape index (κ3) is 2.76. The SMILES string of the molecule is Cc1ccc2c(N3CC[C@H](C4(C(N)=O)C(C)(C)C4(C)C)C3)nc(-c3ccccc3O)nc2c1. The van der Waals surface area contributed by atoms with Crippen molar-refractivity contribution < 1.29 is 9.90 Å². The number of amides is 1. The van der Waals surface area contributed by atoms with Gasteiger partial charge in [-0.1, -0.05) is 45.9 Å². The number of carbonyl (C=O) groups excluding carboxylic acids is 1. The summed E-state index contributed by atoms with van der Waals surface area (Å²) in [5, 5.41) is 11.4. The van der Waals surface area contributed by atoms with E-state index in [1.54, 1.807) is 12.1 Å². The van der Waals surface area contributed by atoms with E-state index in [4.69, 9.17) is 15.7 Å². The minimum atomic E-state index is -0.533. The molecule has 6 heteroatoms. The summed E-state index contributed by atoms with van der Waals surface area (Å²) >= 11 is 0. The number of para-hydroxylation sites is 1. The molecule has 3 aromatic rings. The average molecular weight is 445 g/mol. The molecular weight excluding hydrogens is 412 g/mol. The molecule has 2 heterocycles. The summed E-state index contributed by atoms with van der Waals surface area (Å²) < 4.78 is 0. The van der Waals surface area contributed by atoms with Crippen LogP contribution in [0.25, 0.3) is 22.3 Å². The summed E-state index contributed by atoms with van der Waals surface area (Å²) in [5.41, 5.74) is 7.79. The van der Waals surface area contributed by atoms with E-state index in [1.165, 1.54) is 0 Å². The number of aromatic nitrogens is 2. The highest BCUT2D eigenvalue weighted by atomic mass is 16.3. The van der Waals surface area contributed by atoms with E-state index in [-0.39, 0.29) is 28.4 Å². The number of benzene rings is 2. The van der Waals surface area contributed by atoms with Crippen molar-refractivity contribution >= 4 is 22.6 Å². The lowest BCUT2D eigenvalue weighted by molar-refractivity contribution is -0.127. The Balaban J connectivity index is 1.60. The van der Waals surface area contributed by atoms with Crippen LogP contribution in [-0.4, -0.2) is 34.1 Å². The van der Waals surface area contributed by atoms with Crippen molar-refractivity contribution in [1.82, 2.24) is 9.97 Å². The Morgan fingerprint density at radius 1 is 1.09 bits per heavy atom. The number of hydrogen-bond donors (Lipinski definition) is 2. The minimum absolute atomic E-state index is 0.154. The molecule has 3 N–H and O–H groups in total. The van der Waals surface area contributed by atoms with Crippen LogP contribution in [0.3, 0.4) is 0 Å². The number of phenols is 1. The maximum absolute atomic E-state index is 12.8. The molecule has 2 aliphatic rings. The van der Waals surface area contributed by atoms with E-state index in [1.807, 2.05) is 19.1 Å². The monoisotopic (exact) mass is 444 g/mol. The summed E-state index contributed by atoms with van der Waals surface area (Å²) in [4.78, 5) is 24.8. The van der Waals surface area contributed by atoms with Crippen molar-refractivity contribution in [3.63, 3.8) is 0 Å². The van der Waals surface area contributed by atoms with Crippen molar-refractivity contribution in [3.05, 3.63) is 48.0 Å². The molecule has 2 fully saturated rings. The molecule has 1 aromatic heterocycles. The topological polar surface area (TPSA) is 92.3 Å². The van der Waals surface area contributed by atoms with Crippen LogP contribution in [0.4, 0.5) is 5.82 Å². The smallest absolute Gasteiger partial charge is 0.225 e. The number of primary amides is 1. The quantitative estimate of drug-likeness (QED) is 0.610. The van der Waals surface area contributed by atoms with Crippen LogP contribution in [0.2, 0.25) is 0 Å². The Hall–Kier alpha value is -3.15. The van der Waals surface area contributed by atoms with Crippen LogP contribution >= 0.6 is 0 Å². The van der Waals surface area contributed by atoms with Crippen LogP contribution in [0, 0.1) is 29.1 Å². The zero-order chi connectivity index (χ0) is 23.8. The van der Waals surface area contributed by atoms with Gasteiger partial charge in [0, 0.05) is 18.5 Å². The second-order valence-corrected chi connectivity index (χ2v) is 10.8. The van der Waals surface area contributed by atoms with Gasteiger partial charge < -0.3 is 15.7 Å². The molecule has 0 bridgehead atoms. The first-order valence-corrected chi connectivity index (χ1v) is 11.6. The normalized spacial score (nSPS) is 22.5. The van der Waals surface area contributed by atoms with E-state index in [9.17, 15) is 9.90 Å². The average Bonchev–Trinajstić information content (AvgIpc) is 3.06. The first-order valence-electron chi connectivity index (χ1n) is 11.6. The molecule has 0 radical (unpaired) electrons. The Morgan fingerprint density at radius 3 is 2.42 bits per heavy atom. The molecule has 1 saturated heterocycles. The molecule has 0 spiro atoms. The van der Waals surface area contributed by atoms with Crippen LogP contribution in [0.5, 0.6) is 5.75 Å². The predicted octanol–water partition coefficient (Wildman–Crippen LogP) is 4.67. The zero-order valence-corrected chi connectivity index (χ0v) is 20.0. The van der Waals surface area contributed by atoms with Gasteiger partial charge in [-0.15, -0.1) is 0 Å². The first-order chi connectivity index (χ1) is 15.5. The lowest BCUT2D eigenvalue weighted by Gasteiger charge is -2.27. The number of nitrogens with zero attached hydrogens (tertiary/aromatic N) is 3. The lowest BCUT2D eigenvalue weighted by atomic mass is 9.79. The van der Waals surface area contributed by atoms with Gasteiger partial charge >= 0.3 is 0 Å². The molecule has 1 aliphatic heterocycles. The molecule has 6 nitrogen and oxygen atoms in total. The fourth-order valence-electron chi connectivity index (χ4n) is 6.75. The van der Waals surface area contributed by atoms with E-state index in [0.717, 1.165) is 41.8 Å². The maximum Gasteiger partial charge on any atom is 0.225 e. The number of anilines is 1. The lowest BCUT2D eigenvalue weighted by Crippen LogP contribution is -2.39. The highest BCUT2D eigenvalue weighted by Crippen LogP contribution is 2.81. The number of hydrogen-bond acceptors (Lipinski definition) is 5. The van der Waals surface area contributed by atoms with Crippen LogP contribution in [0.15, 0.2) is 42.5 Å². The van der Waals surface area contributed by atoms with Crippen molar-refractivity contribution in [1.29, 1.82) is 0 Å². The fraction of sp³-hybridized carbons (Fsp3) is 0.444. The van der Waals surface area contributed by atoms with Crippen molar-refractivity contribution in [2.45, 2.75) is 41.0 Å². The molecule has 1 amide bonds. The minimum Gasteiger partial charge on any atom is -0.507 e. The van der Waals surface area contributed by atoms with E-state index in [0.29, 0.717) is 11.4 Å². The Labute approximate surface area is 194 Å². The Kier molecular flexibility index (Phi) is 4.55. The van der Waals surface area contributed by atoms with Gasteiger partial charge in [0.1, 0.15) is 11.6 Å². The molecule has 0 unspecified atom stereocenters. The van der Waals surface area contributed by atoms with Gasteiger partial charge in [0.15, 0.2) is 5.82 Å². The summed E-state index contributed by atoms with van der Waals surface area (Å²) in [6.07, 6.45) is 0.888. The highest BCUT2D eigenvalue weighted by molar-refractivity contribution is 5.92. The molecular formula is C27H32N4O2. The van der Waals surface area contributed by atoms with Gasteiger partial charge in [-0.3, -0.25) is 4.79 Å². The molecule has 1 atom stereocenters. The largest absolute Gasteiger partial charge is 0.507 e. The number of carbonyl (C=O) groups is 1. The number of nitrogens with two attached hydrogens (primary N) is 1. The number of aromatic hydroxyl groups is 1. The van der Waals surface area contributed by atoms with Gasteiger partial charge in [-0.05, 0) is 59.9 Å². The molecule has 2 aromatic carbocycles. The van der Waals surface area contributed by atoms with E-state index < -0.39 is 5.41 Å². The van der Waals surface area contributed by atoms with E-state index in [2.05, 4.69) is 50.8 Å². The standard InChI is InChI=1S/C27H32N4O2/c1-16-10-11-18-20(14-16)29-22(19-8-6-7-9-21(19)32)30-23(18)31-13-12-17(15-31)27(24(28)33)25(2,3)26(27,4)5/h6-11,14,17,32H,12-13,15H2,1-5H3,(H2,28,33)/t17-/m0/s1. The Morgan fingerprint density at radius 2 is 1.79 bits per heavy atom. The molecule has 33 heavy (non-hydrogen) atoms. The van der Waals surface area contributed by atoms with Crippen LogP contribution < -0.4 is 10.6 Å². The maximum atomic E-state index is 12.8. The van der Waals surface area contributed by atoms with Crippen molar-refractivity contribution in [3.8, 4) is 17.1 Å². The summed E-state index contributed by atoms with van der Waals surface area (Å²) in [6.45, 7) is 12.2. The summed E-state index contributed by atoms with van der Waals surface area (Å²) in [5.74, 6) is 1.47. The molecule has 1 aliphatic carbocycles. The number of aryl methyl sites for hydroxylation is 1. The molecule has 1 saturated carbocycles. The zero-order valence-electron chi connectivity index (χ0n) is 20.0. The van der Waals surface area contributed by atoms with Gasteiger partial charge in [0.2, 0.25) is 5.91 Å².